The van der Waals surface area contributed by atoms with Crippen molar-refractivity contribution in [2.45, 2.75) is 32.9 Å². The normalized spacial score (nSPS) is 12.6. The summed E-state index contributed by atoms with van der Waals surface area (Å²) in [4.78, 5) is 4.22. The van der Waals surface area contributed by atoms with E-state index in [1.165, 1.54) is 0 Å². The molecule has 1 heterocycles. The Bertz CT molecular complexity index is 282. The second kappa shape index (κ2) is 5.26. The molecule has 1 atom stereocenters. The van der Waals surface area contributed by atoms with Crippen LogP contribution in [0.4, 0.5) is 0 Å². The molecule has 14 heavy (non-hydrogen) atoms. The zero-order valence-electron chi connectivity index (χ0n) is 8.57. The van der Waals surface area contributed by atoms with Crippen LogP contribution in [0.5, 0.6) is 0 Å². The standard InChI is InChI=1S/C9H15N3S2/c1-6(2)11-9(13)12-7(3)8-10-4-5-14-8/h4-7H,1-3H3,(H2,11,12,13). The van der Waals surface area contributed by atoms with Crippen LogP contribution < -0.4 is 10.6 Å². The number of thiocarbonyl (C=S) groups is 1. The molecule has 0 aromatic carbocycles. The van der Waals surface area contributed by atoms with Crippen molar-refractivity contribution in [1.29, 1.82) is 0 Å². The van der Waals surface area contributed by atoms with Crippen LogP contribution >= 0.6 is 23.6 Å². The number of thiazole rings is 1. The Labute approximate surface area is 93.9 Å². The second-order valence-electron chi connectivity index (χ2n) is 3.36. The van der Waals surface area contributed by atoms with Crippen LogP contribution in [0, 0.1) is 0 Å². The van der Waals surface area contributed by atoms with Gasteiger partial charge in [0, 0.05) is 17.6 Å². The SMILES string of the molecule is CC(C)NC(=S)NC(C)c1nccs1. The summed E-state index contributed by atoms with van der Waals surface area (Å²) in [5.41, 5.74) is 0. The van der Waals surface area contributed by atoms with E-state index in [0.717, 1.165) is 5.01 Å². The van der Waals surface area contributed by atoms with E-state index in [9.17, 15) is 0 Å². The first kappa shape index (κ1) is 11.4. The smallest absolute Gasteiger partial charge is 0.167 e. The first-order chi connectivity index (χ1) is 6.59. The molecule has 1 rings (SSSR count). The Hall–Kier alpha value is -0.680. The van der Waals surface area contributed by atoms with E-state index >= 15 is 0 Å². The molecule has 1 aromatic rings. The molecule has 0 aliphatic heterocycles. The molecule has 0 aliphatic rings. The number of rotatable bonds is 3. The lowest BCUT2D eigenvalue weighted by Crippen LogP contribution is -2.40. The van der Waals surface area contributed by atoms with Crippen molar-refractivity contribution >= 4 is 28.7 Å². The van der Waals surface area contributed by atoms with Crippen LogP contribution in [0.1, 0.15) is 31.8 Å². The molecule has 0 spiro atoms. The molecule has 1 unspecified atom stereocenters. The maximum atomic E-state index is 5.14. The fraction of sp³-hybridized carbons (Fsp3) is 0.556. The van der Waals surface area contributed by atoms with Gasteiger partial charge in [-0.05, 0) is 33.0 Å². The van der Waals surface area contributed by atoms with Gasteiger partial charge in [0.15, 0.2) is 5.11 Å². The van der Waals surface area contributed by atoms with Crippen molar-refractivity contribution in [3.63, 3.8) is 0 Å². The number of aromatic nitrogens is 1. The molecule has 2 N–H and O–H groups in total. The van der Waals surface area contributed by atoms with Crippen molar-refractivity contribution in [2.24, 2.45) is 0 Å². The minimum absolute atomic E-state index is 0.175. The average Bonchev–Trinajstić information content (AvgIpc) is 2.53. The molecule has 1 aromatic heterocycles. The van der Waals surface area contributed by atoms with Crippen LogP contribution in [0.15, 0.2) is 11.6 Å². The quantitative estimate of drug-likeness (QED) is 0.778. The summed E-state index contributed by atoms with van der Waals surface area (Å²) in [6.07, 6.45) is 1.80. The predicted molar refractivity (Wildman–Crippen MR) is 64.5 cm³/mol. The molecular formula is C9H15N3S2. The summed E-state index contributed by atoms with van der Waals surface area (Å²) in [7, 11) is 0. The Morgan fingerprint density at radius 2 is 2.14 bits per heavy atom. The average molecular weight is 229 g/mol. The summed E-state index contributed by atoms with van der Waals surface area (Å²) >= 11 is 6.77. The number of nitrogens with zero attached hydrogens (tertiary/aromatic N) is 1. The largest absolute Gasteiger partial charge is 0.361 e. The summed E-state index contributed by atoms with van der Waals surface area (Å²) in [5, 5.41) is 10.0. The van der Waals surface area contributed by atoms with E-state index in [-0.39, 0.29) is 6.04 Å². The molecular weight excluding hydrogens is 214 g/mol. The summed E-state index contributed by atoms with van der Waals surface area (Å²) < 4.78 is 0. The molecule has 0 fully saturated rings. The van der Waals surface area contributed by atoms with E-state index in [1.54, 1.807) is 17.5 Å². The van der Waals surface area contributed by atoms with Gasteiger partial charge in [-0.2, -0.15) is 0 Å². The van der Waals surface area contributed by atoms with E-state index < -0.39 is 0 Å². The number of hydrogen-bond donors (Lipinski definition) is 2. The fourth-order valence-corrected chi connectivity index (χ4v) is 2.07. The number of nitrogens with one attached hydrogen (secondary N) is 2. The first-order valence-corrected chi connectivity index (χ1v) is 5.85. The molecule has 78 valence electrons. The Kier molecular flexibility index (Phi) is 4.28. The zero-order valence-corrected chi connectivity index (χ0v) is 10.2. The highest BCUT2D eigenvalue weighted by molar-refractivity contribution is 7.80. The Balaban J connectivity index is 2.41. The van der Waals surface area contributed by atoms with Gasteiger partial charge in [0.05, 0.1) is 6.04 Å². The summed E-state index contributed by atoms with van der Waals surface area (Å²) in [6, 6.07) is 0.534. The minimum atomic E-state index is 0.175. The van der Waals surface area contributed by atoms with Gasteiger partial charge in [0.25, 0.3) is 0 Å². The molecule has 3 nitrogen and oxygen atoms in total. The Morgan fingerprint density at radius 1 is 1.43 bits per heavy atom. The fourth-order valence-electron chi connectivity index (χ4n) is 1.01. The lowest BCUT2D eigenvalue weighted by atomic mass is 10.3. The van der Waals surface area contributed by atoms with E-state index in [1.807, 2.05) is 12.3 Å². The second-order valence-corrected chi connectivity index (χ2v) is 4.70. The first-order valence-electron chi connectivity index (χ1n) is 4.56. The van der Waals surface area contributed by atoms with Crippen LogP contribution in [0.2, 0.25) is 0 Å². The molecule has 0 amide bonds. The van der Waals surface area contributed by atoms with Gasteiger partial charge in [-0.25, -0.2) is 4.98 Å². The highest BCUT2D eigenvalue weighted by Gasteiger charge is 2.09. The molecule has 0 aliphatic carbocycles. The van der Waals surface area contributed by atoms with E-state index in [0.29, 0.717) is 11.2 Å². The van der Waals surface area contributed by atoms with E-state index in [2.05, 4.69) is 29.5 Å². The lowest BCUT2D eigenvalue weighted by molar-refractivity contribution is 0.661. The Morgan fingerprint density at radius 3 is 2.64 bits per heavy atom. The lowest BCUT2D eigenvalue weighted by Gasteiger charge is -2.16. The van der Waals surface area contributed by atoms with Gasteiger partial charge in [0.2, 0.25) is 0 Å². The van der Waals surface area contributed by atoms with Crippen LogP contribution in [-0.4, -0.2) is 16.1 Å². The van der Waals surface area contributed by atoms with Gasteiger partial charge < -0.3 is 10.6 Å². The third-order valence-corrected chi connectivity index (χ3v) is 2.78. The van der Waals surface area contributed by atoms with Gasteiger partial charge in [-0.15, -0.1) is 11.3 Å². The maximum Gasteiger partial charge on any atom is 0.167 e. The van der Waals surface area contributed by atoms with Crippen molar-refractivity contribution in [3.8, 4) is 0 Å². The number of hydrogen-bond acceptors (Lipinski definition) is 3. The van der Waals surface area contributed by atoms with Crippen LogP contribution in [-0.2, 0) is 0 Å². The van der Waals surface area contributed by atoms with E-state index in [4.69, 9.17) is 12.2 Å². The van der Waals surface area contributed by atoms with Crippen LogP contribution in [0.3, 0.4) is 0 Å². The van der Waals surface area contributed by atoms with Crippen molar-refractivity contribution in [2.75, 3.05) is 0 Å². The molecule has 0 radical (unpaired) electrons. The predicted octanol–water partition coefficient (Wildman–Crippen LogP) is 2.08. The molecule has 0 saturated carbocycles. The van der Waals surface area contributed by atoms with Gasteiger partial charge >= 0.3 is 0 Å². The monoisotopic (exact) mass is 229 g/mol. The van der Waals surface area contributed by atoms with Crippen molar-refractivity contribution in [3.05, 3.63) is 16.6 Å². The van der Waals surface area contributed by atoms with Crippen LogP contribution in [0.25, 0.3) is 0 Å². The molecule has 0 saturated heterocycles. The third-order valence-electron chi connectivity index (χ3n) is 1.59. The molecule has 0 bridgehead atoms. The zero-order chi connectivity index (χ0) is 10.6. The van der Waals surface area contributed by atoms with Crippen molar-refractivity contribution < 1.29 is 0 Å². The maximum absolute atomic E-state index is 5.14. The summed E-state index contributed by atoms with van der Waals surface area (Å²) in [5.74, 6) is 0. The highest BCUT2D eigenvalue weighted by atomic mass is 32.1. The third kappa shape index (κ3) is 3.59. The van der Waals surface area contributed by atoms with Gasteiger partial charge in [-0.3, -0.25) is 0 Å². The summed E-state index contributed by atoms with van der Waals surface area (Å²) in [6.45, 7) is 6.16. The van der Waals surface area contributed by atoms with Gasteiger partial charge in [0.1, 0.15) is 5.01 Å². The van der Waals surface area contributed by atoms with Crippen molar-refractivity contribution in [1.82, 2.24) is 15.6 Å². The molecule has 5 heteroatoms. The highest BCUT2D eigenvalue weighted by Crippen LogP contribution is 2.14. The van der Waals surface area contributed by atoms with Gasteiger partial charge in [-0.1, -0.05) is 0 Å². The topological polar surface area (TPSA) is 37.0 Å². The minimum Gasteiger partial charge on any atom is -0.361 e.